The van der Waals surface area contributed by atoms with E-state index in [0.29, 0.717) is 10.8 Å². The van der Waals surface area contributed by atoms with Crippen LogP contribution in [0.25, 0.3) is 0 Å². The minimum absolute atomic E-state index is 0.116. The van der Waals surface area contributed by atoms with Gasteiger partial charge in [0.25, 0.3) is 0 Å². The molecule has 0 aromatic carbocycles. The van der Waals surface area contributed by atoms with Gasteiger partial charge in [-0.2, -0.15) is 16.9 Å². The van der Waals surface area contributed by atoms with Crippen LogP contribution in [0.15, 0.2) is 0 Å². The minimum atomic E-state index is 0.116. The van der Waals surface area contributed by atoms with Gasteiger partial charge in [0, 0.05) is 11.3 Å². The molecule has 0 bridgehead atoms. The molecule has 0 spiro atoms. The first kappa shape index (κ1) is 17.2. The van der Waals surface area contributed by atoms with Crippen molar-refractivity contribution < 1.29 is 0 Å². The third-order valence-corrected chi connectivity index (χ3v) is 4.78. The lowest BCUT2D eigenvalue weighted by Crippen LogP contribution is -2.28. The molecular formula is C14H24N4S2. The molecule has 1 heterocycles. The highest BCUT2D eigenvalue weighted by Gasteiger charge is 2.20. The molecular weight excluding hydrogens is 288 g/mol. The highest BCUT2D eigenvalue weighted by atomic mass is 32.2. The number of thiocarbonyl (C=S) groups is 1. The number of hydrogen-bond acceptors (Lipinski definition) is 5. The van der Waals surface area contributed by atoms with Gasteiger partial charge in [-0.25, -0.2) is 0 Å². The first-order valence-electron chi connectivity index (χ1n) is 6.83. The minimum Gasteiger partial charge on any atom is -0.389 e. The van der Waals surface area contributed by atoms with Gasteiger partial charge in [0.05, 0.1) is 11.3 Å². The summed E-state index contributed by atoms with van der Waals surface area (Å²) in [6, 6.07) is 0. The fraction of sp³-hybridized carbons (Fsp3) is 0.643. The molecule has 0 atom stereocenters. The van der Waals surface area contributed by atoms with Crippen LogP contribution in [0.4, 0.5) is 5.82 Å². The zero-order valence-electron chi connectivity index (χ0n) is 12.9. The summed E-state index contributed by atoms with van der Waals surface area (Å²) in [7, 11) is 0. The van der Waals surface area contributed by atoms with Crippen molar-refractivity contribution in [2.24, 2.45) is 5.73 Å². The monoisotopic (exact) mass is 312 g/mol. The molecule has 20 heavy (non-hydrogen) atoms. The Morgan fingerprint density at radius 3 is 2.40 bits per heavy atom. The number of hydrogen-bond donors (Lipinski definition) is 2. The van der Waals surface area contributed by atoms with Gasteiger partial charge in [-0.05, 0) is 38.5 Å². The number of nitrogens with one attached hydrogen (secondary N) is 1. The van der Waals surface area contributed by atoms with E-state index in [4.69, 9.17) is 18.0 Å². The second-order valence-corrected chi connectivity index (χ2v) is 7.19. The Balaban J connectivity index is 3.17. The molecule has 0 aliphatic rings. The maximum absolute atomic E-state index is 5.90. The lowest BCUT2D eigenvalue weighted by molar-refractivity contribution is 0.745. The van der Waals surface area contributed by atoms with E-state index < -0.39 is 0 Å². The molecule has 112 valence electrons. The maximum atomic E-state index is 5.90. The summed E-state index contributed by atoms with van der Waals surface area (Å²) < 4.78 is 0.116. The van der Waals surface area contributed by atoms with Gasteiger partial charge in [0.2, 0.25) is 0 Å². The van der Waals surface area contributed by atoms with Gasteiger partial charge < -0.3 is 11.1 Å². The molecule has 1 rings (SSSR count). The Labute approximate surface area is 131 Å². The smallest absolute Gasteiger partial charge is 0.159 e. The van der Waals surface area contributed by atoms with Crippen molar-refractivity contribution in [3.63, 3.8) is 0 Å². The van der Waals surface area contributed by atoms with E-state index >= 15 is 0 Å². The van der Waals surface area contributed by atoms with E-state index in [1.54, 1.807) is 11.8 Å². The molecule has 0 aliphatic heterocycles. The van der Waals surface area contributed by atoms with E-state index in [9.17, 15) is 0 Å². The van der Waals surface area contributed by atoms with Crippen molar-refractivity contribution in [3.8, 4) is 0 Å². The molecule has 0 saturated carbocycles. The Kier molecular flexibility index (Phi) is 6.20. The molecule has 6 heteroatoms. The van der Waals surface area contributed by atoms with Crippen molar-refractivity contribution in [2.75, 3.05) is 18.1 Å². The van der Waals surface area contributed by atoms with Gasteiger partial charge in [0.15, 0.2) is 5.82 Å². The summed E-state index contributed by atoms with van der Waals surface area (Å²) in [6.45, 7) is 9.30. The summed E-state index contributed by atoms with van der Waals surface area (Å²) >= 11 is 7.02. The largest absolute Gasteiger partial charge is 0.389 e. The van der Waals surface area contributed by atoms with Crippen LogP contribution >= 0.6 is 24.0 Å². The molecule has 0 unspecified atom stereocenters. The summed E-state index contributed by atoms with van der Waals surface area (Å²) in [5.41, 5.74) is 8.85. The Bertz CT molecular complexity index is 486. The van der Waals surface area contributed by atoms with Crippen LogP contribution in [0.2, 0.25) is 0 Å². The molecule has 1 aromatic rings. The lowest BCUT2D eigenvalue weighted by atomic mass is 10.0. The average molecular weight is 313 g/mol. The standard InChI is InChI=1S/C14H24N4S2/c1-6-9-10(7-2)17-18-13(11(9)12(15)19)16-8-14(3,4)20-5/h6-8H2,1-5H3,(H2,15,19)(H,16,18). The average Bonchev–Trinajstić information content (AvgIpc) is 2.43. The topological polar surface area (TPSA) is 63.8 Å². The van der Waals surface area contributed by atoms with Crippen LogP contribution in [0.1, 0.15) is 44.5 Å². The van der Waals surface area contributed by atoms with Crippen LogP contribution in [0, 0.1) is 0 Å². The molecule has 0 aliphatic carbocycles. The van der Waals surface area contributed by atoms with E-state index in [2.05, 4.69) is 49.5 Å². The normalized spacial score (nSPS) is 11.4. The van der Waals surface area contributed by atoms with Crippen LogP contribution < -0.4 is 11.1 Å². The fourth-order valence-corrected chi connectivity index (χ4v) is 2.37. The third-order valence-electron chi connectivity index (χ3n) is 3.33. The third kappa shape index (κ3) is 4.06. The molecule has 0 fully saturated rings. The van der Waals surface area contributed by atoms with E-state index in [1.165, 1.54) is 0 Å². The Morgan fingerprint density at radius 2 is 1.95 bits per heavy atom. The Morgan fingerprint density at radius 1 is 1.30 bits per heavy atom. The number of nitrogens with zero attached hydrogens (tertiary/aromatic N) is 2. The van der Waals surface area contributed by atoms with E-state index in [0.717, 1.165) is 36.2 Å². The lowest BCUT2D eigenvalue weighted by Gasteiger charge is -2.24. The van der Waals surface area contributed by atoms with Crippen molar-refractivity contribution >= 4 is 34.8 Å². The van der Waals surface area contributed by atoms with E-state index in [-0.39, 0.29) is 4.75 Å². The molecule has 3 N–H and O–H groups in total. The van der Waals surface area contributed by atoms with Crippen molar-refractivity contribution in [3.05, 3.63) is 16.8 Å². The predicted octanol–water partition coefficient (Wildman–Crippen LogP) is 2.79. The highest BCUT2D eigenvalue weighted by Crippen LogP contribution is 2.24. The second kappa shape index (κ2) is 7.22. The van der Waals surface area contributed by atoms with Crippen LogP contribution in [-0.4, -0.2) is 32.7 Å². The van der Waals surface area contributed by atoms with E-state index in [1.807, 2.05) is 0 Å². The number of aryl methyl sites for hydroxylation is 1. The predicted molar refractivity (Wildman–Crippen MR) is 92.8 cm³/mol. The van der Waals surface area contributed by atoms with Crippen LogP contribution in [0.3, 0.4) is 0 Å². The highest BCUT2D eigenvalue weighted by molar-refractivity contribution is 7.99. The van der Waals surface area contributed by atoms with Crippen molar-refractivity contribution in [1.29, 1.82) is 0 Å². The van der Waals surface area contributed by atoms with Crippen LogP contribution in [0.5, 0.6) is 0 Å². The van der Waals surface area contributed by atoms with Gasteiger partial charge >= 0.3 is 0 Å². The molecule has 1 aromatic heterocycles. The first-order chi connectivity index (χ1) is 9.36. The molecule has 0 amide bonds. The SMILES string of the molecule is CCc1nnc(NCC(C)(C)SC)c(C(N)=S)c1CC. The van der Waals surface area contributed by atoms with Crippen LogP contribution in [-0.2, 0) is 12.8 Å². The summed E-state index contributed by atoms with van der Waals surface area (Å²) in [5, 5.41) is 11.9. The summed E-state index contributed by atoms with van der Waals surface area (Å²) in [4.78, 5) is 0.385. The zero-order chi connectivity index (χ0) is 15.3. The van der Waals surface area contributed by atoms with Crippen molar-refractivity contribution in [2.45, 2.75) is 45.3 Å². The number of nitrogens with two attached hydrogens (primary N) is 1. The molecule has 0 saturated heterocycles. The number of aromatic nitrogens is 2. The summed E-state index contributed by atoms with van der Waals surface area (Å²) in [5.74, 6) is 0.702. The van der Waals surface area contributed by atoms with Gasteiger partial charge in [-0.3, -0.25) is 0 Å². The summed E-state index contributed by atoms with van der Waals surface area (Å²) in [6.07, 6.45) is 3.79. The maximum Gasteiger partial charge on any atom is 0.159 e. The number of anilines is 1. The molecule has 0 radical (unpaired) electrons. The molecule has 4 nitrogen and oxygen atoms in total. The van der Waals surface area contributed by atoms with Gasteiger partial charge in [-0.1, -0.05) is 26.1 Å². The fourth-order valence-electron chi connectivity index (χ4n) is 1.93. The zero-order valence-corrected chi connectivity index (χ0v) is 14.5. The van der Waals surface area contributed by atoms with Gasteiger partial charge in [0.1, 0.15) is 4.99 Å². The quantitative estimate of drug-likeness (QED) is 0.755. The Hall–Kier alpha value is -0.880. The second-order valence-electron chi connectivity index (χ2n) is 5.24. The number of rotatable bonds is 7. The number of thioether (sulfide) groups is 1. The first-order valence-corrected chi connectivity index (χ1v) is 8.46. The van der Waals surface area contributed by atoms with Gasteiger partial charge in [-0.15, -0.1) is 5.10 Å². The van der Waals surface area contributed by atoms with Crippen molar-refractivity contribution in [1.82, 2.24) is 10.2 Å².